The van der Waals surface area contributed by atoms with E-state index in [1.54, 1.807) is 0 Å². The van der Waals surface area contributed by atoms with Crippen molar-refractivity contribution in [2.24, 2.45) is 11.8 Å². The van der Waals surface area contributed by atoms with E-state index in [0.29, 0.717) is 6.23 Å². The Kier molecular flexibility index (Phi) is 7.06. The predicted octanol–water partition coefficient (Wildman–Crippen LogP) is 3.57. The van der Waals surface area contributed by atoms with Gasteiger partial charge in [-0.05, 0) is 18.3 Å². The van der Waals surface area contributed by atoms with Crippen molar-refractivity contribution in [2.75, 3.05) is 13.2 Å². The highest BCUT2D eigenvalue weighted by Crippen LogP contribution is 2.29. The molecule has 1 N–H and O–H groups in total. The fourth-order valence-corrected chi connectivity index (χ4v) is 2.84. The molecule has 1 aliphatic heterocycles. The van der Waals surface area contributed by atoms with Crippen molar-refractivity contribution in [3.8, 4) is 0 Å². The average molecular weight is 227 g/mol. The topological polar surface area (TPSA) is 21.3 Å². The van der Waals surface area contributed by atoms with E-state index in [0.717, 1.165) is 25.0 Å². The van der Waals surface area contributed by atoms with Crippen LogP contribution in [0.25, 0.3) is 0 Å². The number of unbranched alkanes of at least 4 members (excludes halogenated alkanes) is 1. The molecule has 1 heterocycles. The van der Waals surface area contributed by atoms with Gasteiger partial charge in [0.2, 0.25) is 0 Å². The van der Waals surface area contributed by atoms with Gasteiger partial charge in [-0.2, -0.15) is 0 Å². The number of hydrogen-bond acceptors (Lipinski definition) is 2. The maximum atomic E-state index is 5.67. The highest BCUT2D eigenvalue weighted by molar-refractivity contribution is 4.74. The summed E-state index contributed by atoms with van der Waals surface area (Å²) >= 11 is 0. The first kappa shape index (κ1) is 14.0. The van der Waals surface area contributed by atoms with Crippen molar-refractivity contribution >= 4 is 0 Å². The van der Waals surface area contributed by atoms with E-state index in [9.17, 15) is 0 Å². The maximum absolute atomic E-state index is 5.67. The zero-order chi connectivity index (χ0) is 11.8. The molecular weight excluding hydrogens is 198 g/mol. The van der Waals surface area contributed by atoms with Crippen LogP contribution in [0.3, 0.4) is 0 Å². The molecule has 1 aliphatic rings. The Hall–Kier alpha value is -0.0800. The molecule has 0 aromatic rings. The second kappa shape index (κ2) is 8.08. The summed E-state index contributed by atoms with van der Waals surface area (Å²) in [5.41, 5.74) is 0. The van der Waals surface area contributed by atoms with Crippen molar-refractivity contribution in [3.05, 3.63) is 0 Å². The molecule has 1 rings (SSSR count). The second-order valence-electron chi connectivity index (χ2n) is 5.03. The SMILES string of the molecule is CCCCC(CC)C(CC)CC1NCCO1. The molecule has 0 radical (unpaired) electrons. The zero-order valence-corrected chi connectivity index (χ0v) is 11.3. The Bertz CT molecular complexity index is 166. The maximum Gasteiger partial charge on any atom is 0.108 e. The molecule has 2 heteroatoms. The van der Waals surface area contributed by atoms with Crippen LogP contribution in [0.1, 0.15) is 59.3 Å². The fourth-order valence-electron chi connectivity index (χ4n) is 2.84. The van der Waals surface area contributed by atoms with E-state index in [4.69, 9.17) is 4.74 Å². The minimum atomic E-state index is 0.334. The molecule has 0 amide bonds. The minimum absolute atomic E-state index is 0.334. The van der Waals surface area contributed by atoms with E-state index >= 15 is 0 Å². The Morgan fingerprint density at radius 2 is 1.94 bits per heavy atom. The van der Waals surface area contributed by atoms with Crippen molar-refractivity contribution < 1.29 is 4.74 Å². The Labute approximate surface area is 101 Å². The van der Waals surface area contributed by atoms with E-state index in [1.165, 1.54) is 38.5 Å². The van der Waals surface area contributed by atoms with Gasteiger partial charge in [-0.15, -0.1) is 0 Å². The molecule has 0 spiro atoms. The van der Waals surface area contributed by atoms with Gasteiger partial charge in [0.05, 0.1) is 6.61 Å². The molecule has 2 nitrogen and oxygen atoms in total. The number of hydrogen-bond donors (Lipinski definition) is 1. The molecule has 1 saturated heterocycles. The molecular formula is C14H29NO. The van der Waals surface area contributed by atoms with Crippen LogP contribution in [-0.4, -0.2) is 19.4 Å². The molecule has 3 atom stereocenters. The lowest BCUT2D eigenvalue weighted by Crippen LogP contribution is -2.28. The minimum Gasteiger partial charge on any atom is -0.362 e. The van der Waals surface area contributed by atoms with E-state index < -0.39 is 0 Å². The highest BCUT2D eigenvalue weighted by Gasteiger charge is 2.24. The van der Waals surface area contributed by atoms with Crippen molar-refractivity contribution in [2.45, 2.75) is 65.5 Å². The van der Waals surface area contributed by atoms with Crippen LogP contribution in [0.2, 0.25) is 0 Å². The summed E-state index contributed by atoms with van der Waals surface area (Å²) in [6, 6.07) is 0. The third-order valence-corrected chi connectivity index (χ3v) is 3.95. The van der Waals surface area contributed by atoms with Gasteiger partial charge < -0.3 is 4.74 Å². The largest absolute Gasteiger partial charge is 0.362 e. The monoisotopic (exact) mass is 227 g/mol. The Balaban J connectivity index is 2.35. The summed E-state index contributed by atoms with van der Waals surface area (Å²) in [5, 5.41) is 3.43. The first-order chi connectivity index (χ1) is 7.81. The third kappa shape index (κ3) is 4.42. The van der Waals surface area contributed by atoms with Gasteiger partial charge in [0.15, 0.2) is 0 Å². The molecule has 0 saturated carbocycles. The van der Waals surface area contributed by atoms with E-state index in [-0.39, 0.29) is 0 Å². The quantitative estimate of drug-likeness (QED) is 0.684. The van der Waals surface area contributed by atoms with Crippen molar-refractivity contribution in [1.29, 1.82) is 0 Å². The van der Waals surface area contributed by atoms with Crippen LogP contribution in [0.15, 0.2) is 0 Å². The number of ether oxygens (including phenoxy) is 1. The van der Waals surface area contributed by atoms with Crippen LogP contribution in [0.5, 0.6) is 0 Å². The molecule has 0 bridgehead atoms. The van der Waals surface area contributed by atoms with E-state index in [1.807, 2.05) is 0 Å². The molecule has 0 aliphatic carbocycles. The van der Waals surface area contributed by atoms with Gasteiger partial charge in [-0.1, -0.05) is 52.9 Å². The van der Waals surface area contributed by atoms with Gasteiger partial charge in [0.25, 0.3) is 0 Å². The van der Waals surface area contributed by atoms with Gasteiger partial charge >= 0.3 is 0 Å². The molecule has 0 aromatic heterocycles. The number of nitrogens with one attached hydrogen (secondary N) is 1. The van der Waals surface area contributed by atoms with Crippen molar-refractivity contribution in [3.63, 3.8) is 0 Å². The smallest absolute Gasteiger partial charge is 0.108 e. The van der Waals surface area contributed by atoms with Gasteiger partial charge in [0.1, 0.15) is 6.23 Å². The number of rotatable bonds is 8. The molecule has 16 heavy (non-hydrogen) atoms. The summed E-state index contributed by atoms with van der Waals surface area (Å²) in [7, 11) is 0. The summed E-state index contributed by atoms with van der Waals surface area (Å²) in [6.07, 6.45) is 8.27. The molecule has 96 valence electrons. The fraction of sp³-hybridized carbons (Fsp3) is 1.00. The van der Waals surface area contributed by atoms with Crippen LogP contribution < -0.4 is 5.32 Å². The lowest BCUT2D eigenvalue weighted by atomic mass is 9.82. The summed E-state index contributed by atoms with van der Waals surface area (Å²) in [6.45, 7) is 8.88. The van der Waals surface area contributed by atoms with Crippen LogP contribution in [-0.2, 0) is 4.74 Å². The van der Waals surface area contributed by atoms with Gasteiger partial charge in [0, 0.05) is 6.54 Å². The molecule has 3 unspecified atom stereocenters. The van der Waals surface area contributed by atoms with E-state index in [2.05, 4.69) is 26.1 Å². The average Bonchev–Trinajstić information content (AvgIpc) is 2.81. The first-order valence-corrected chi connectivity index (χ1v) is 7.16. The van der Waals surface area contributed by atoms with Crippen molar-refractivity contribution in [1.82, 2.24) is 5.32 Å². The molecule has 1 fully saturated rings. The van der Waals surface area contributed by atoms with Crippen LogP contribution >= 0.6 is 0 Å². The summed E-state index contributed by atoms with van der Waals surface area (Å²) in [4.78, 5) is 0. The normalized spacial score (nSPS) is 24.6. The van der Waals surface area contributed by atoms with Crippen LogP contribution in [0, 0.1) is 11.8 Å². The standard InChI is InChI=1S/C14H29NO/c1-4-7-8-12(5-2)13(6-3)11-14-15-9-10-16-14/h12-15H,4-11H2,1-3H3. The van der Waals surface area contributed by atoms with Gasteiger partial charge in [-0.3, -0.25) is 5.32 Å². The Morgan fingerprint density at radius 1 is 1.19 bits per heavy atom. The lowest BCUT2D eigenvalue weighted by Gasteiger charge is -2.27. The summed E-state index contributed by atoms with van der Waals surface area (Å²) in [5.74, 6) is 1.74. The lowest BCUT2D eigenvalue weighted by molar-refractivity contribution is 0.0661. The van der Waals surface area contributed by atoms with Gasteiger partial charge in [-0.25, -0.2) is 0 Å². The molecule has 0 aromatic carbocycles. The second-order valence-corrected chi connectivity index (χ2v) is 5.03. The predicted molar refractivity (Wildman–Crippen MR) is 69.4 cm³/mol. The third-order valence-electron chi connectivity index (χ3n) is 3.95. The highest BCUT2D eigenvalue weighted by atomic mass is 16.5. The Morgan fingerprint density at radius 3 is 2.44 bits per heavy atom. The van der Waals surface area contributed by atoms with Crippen LogP contribution in [0.4, 0.5) is 0 Å². The first-order valence-electron chi connectivity index (χ1n) is 7.16. The zero-order valence-electron chi connectivity index (χ0n) is 11.3. The summed E-state index contributed by atoms with van der Waals surface area (Å²) < 4.78 is 5.67.